The number of amides is 1. The molecule has 6 nitrogen and oxygen atoms in total. The van der Waals surface area contributed by atoms with Crippen LogP contribution in [0, 0.1) is 27.7 Å². The van der Waals surface area contributed by atoms with E-state index in [0.29, 0.717) is 31.1 Å². The highest BCUT2D eigenvalue weighted by Crippen LogP contribution is 2.20. The van der Waals surface area contributed by atoms with Crippen molar-refractivity contribution in [3.63, 3.8) is 0 Å². The SMILES string of the molecule is Cc1ccc(S(=O)(=O)N2CC[NH+]([C@H](C)C(=O)Nc3c(C)cccc3C)CC2)cc1C. The van der Waals surface area contributed by atoms with Gasteiger partial charge in [-0.1, -0.05) is 24.3 Å². The minimum Gasteiger partial charge on any atom is -0.323 e. The number of anilines is 1. The summed E-state index contributed by atoms with van der Waals surface area (Å²) in [4.78, 5) is 14.3. The number of nitrogens with one attached hydrogen (secondary N) is 2. The van der Waals surface area contributed by atoms with Crippen LogP contribution in [-0.2, 0) is 14.8 Å². The maximum Gasteiger partial charge on any atom is 0.282 e. The van der Waals surface area contributed by atoms with Crippen molar-refractivity contribution in [3.05, 3.63) is 58.7 Å². The lowest BCUT2D eigenvalue weighted by atomic mass is 10.1. The highest BCUT2D eigenvalue weighted by atomic mass is 32.2. The molecule has 7 heteroatoms. The summed E-state index contributed by atoms with van der Waals surface area (Å²) in [5.41, 5.74) is 4.98. The van der Waals surface area contributed by atoms with Crippen molar-refractivity contribution in [2.75, 3.05) is 31.5 Å². The maximum absolute atomic E-state index is 13.0. The summed E-state index contributed by atoms with van der Waals surface area (Å²) in [5, 5.41) is 3.06. The molecule has 1 aliphatic heterocycles. The molecular formula is C23H32N3O3S+. The van der Waals surface area contributed by atoms with Crippen LogP contribution in [0.15, 0.2) is 41.3 Å². The van der Waals surface area contributed by atoms with Crippen molar-refractivity contribution in [1.29, 1.82) is 0 Å². The lowest BCUT2D eigenvalue weighted by Gasteiger charge is -2.34. The lowest BCUT2D eigenvalue weighted by Crippen LogP contribution is -3.19. The molecule has 2 aromatic carbocycles. The number of carbonyl (C=O) groups excluding carboxylic acids is 1. The first-order chi connectivity index (χ1) is 14.1. The van der Waals surface area contributed by atoms with Gasteiger partial charge in [-0.05, 0) is 69.0 Å². The van der Waals surface area contributed by atoms with Crippen molar-refractivity contribution in [3.8, 4) is 0 Å². The molecule has 1 heterocycles. The van der Waals surface area contributed by atoms with Crippen LogP contribution in [0.2, 0.25) is 0 Å². The second-order valence-corrected chi connectivity index (χ2v) is 10.2. The fourth-order valence-electron chi connectivity index (χ4n) is 3.90. The van der Waals surface area contributed by atoms with Crippen LogP contribution in [0.4, 0.5) is 5.69 Å². The Bertz CT molecular complexity index is 1020. The van der Waals surface area contributed by atoms with Gasteiger partial charge in [0.25, 0.3) is 5.91 Å². The van der Waals surface area contributed by atoms with Gasteiger partial charge in [-0.25, -0.2) is 8.42 Å². The summed E-state index contributed by atoms with van der Waals surface area (Å²) in [6.45, 7) is 11.8. The first kappa shape index (κ1) is 22.5. The summed E-state index contributed by atoms with van der Waals surface area (Å²) in [6, 6.07) is 11.0. The molecule has 1 saturated heterocycles. The number of carbonyl (C=O) groups is 1. The molecule has 0 aliphatic carbocycles. The highest BCUT2D eigenvalue weighted by Gasteiger charge is 2.34. The summed E-state index contributed by atoms with van der Waals surface area (Å²) < 4.78 is 27.6. The minimum absolute atomic E-state index is 0.0344. The van der Waals surface area contributed by atoms with E-state index in [1.165, 1.54) is 4.31 Å². The lowest BCUT2D eigenvalue weighted by molar-refractivity contribution is -0.917. The van der Waals surface area contributed by atoms with Gasteiger partial charge in [0.2, 0.25) is 10.0 Å². The molecule has 30 heavy (non-hydrogen) atoms. The molecule has 0 radical (unpaired) electrons. The third kappa shape index (κ3) is 4.58. The van der Waals surface area contributed by atoms with Gasteiger partial charge in [0.15, 0.2) is 6.04 Å². The number of hydrogen-bond donors (Lipinski definition) is 2. The van der Waals surface area contributed by atoms with Crippen LogP contribution in [0.5, 0.6) is 0 Å². The van der Waals surface area contributed by atoms with Gasteiger partial charge in [-0.3, -0.25) is 4.79 Å². The number of quaternary nitrogens is 1. The predicted octanol–water partition coefficient (Wildman–Crippen LogP) is 1.84. The Morgan fingerprint density at radius 3 is 2.13 bits per heavy atom. The predicted molar refractivity (Wildman–Crippen MR) is 119 cm³/mol. The molecule has 3 rings (SSSR count). The zero-order chi connectivity index (χ0) is 22.1. The molecule has 162 valence electrons. The molecule has 2 N–H and O–H groups in total. The van der Waals surface area contributed by atoms with Gasteiger partial charge in [-0.2, -0.15) is 4.31 Å². The summed E-state index contributed by atoms with van der Waals surface area (Å²) in [7, 11) is -3.51. The van der Waals surface area contributed by atoms with E-state index >= 15 is 0 Å². The third-order valence-electron chi connectivity index (χ3n) is 6.22. The van der Waals surface area contributed by atoms with Crippen molar-refractivity contribution in [1.82, 2.24) is 4.31 Å². The van der Waals surface area contributed by atoms with E-state index in [9.17, 15) is 13.2 Å². The highest BCUT2D eigenvalue weighted by molar-refractivity contribution is 7.89. The van der Waals surface area contributed by atoms with E-state index < -0.39 is 10.0 Å². The zero-order valence-electron chi connectivity index (χ0n) is 18.5. The fourth-order valence-corrected chi connectivity index (χ4v) is 5.43. The number of nitrogens with zero attached hydrogens (tertiary/aromatic N) is 1. The van der Waals surface area contributed by atoms with Gasteiger partial charge >= 0.3 is 0 Å². The first-order valence-electron chi connectivity index (χ1n) is 10.4. The molecule has 1 aliphatic rings. The van der Waals surface area contributed by atoms with Crippen LogP contribution >= 0.6 is 0 Å². The Kier molecular flexibility index (Phi) is 6.65. The van der Waals surface area contributed by atoms with Crippen LogP contribution < -0.4 is 10.2 Å². The van der Waals surface area contributed by atoms with Gasteiger partial charge in [0.05, 0.1) is 31.1 Å². The second-order valence-electron chi connectivity index (χ2n) is 8.29. The number of aryl methyl sites for hydroxylation is 4. The van der Waals surface area contributed by atoms with Crippen LogP contribution in [0.3, 0.4) is 0 Å². The number of benzene rings is 2. The van der Waals surface area contributed by atoms with Gasteiger partial charge < -0.3 is 10.2 Å². The smallest absolute Gasteiger partial charge is 0.282 e. The summed E-state index contributed by atoms with van der Waals surface area (Å²) in [5.74, 6) is -0.0344. The molecule has 0 bridgehead atoms. The van der Waals surface area contributed by atoms with Crippen molar-refractivity contribution >= 4 is 21.6 Å². The van der Waals surface area contributed by atoms with E-state index in [1.54, 1.807) is 12.1 Å². The minimum atomic E-state index is -3.51. The molecule has 2 aromatic rings. The average Bonchev–Trinajstić information content (AvgIpc) is 2.72. The normalized spacial score (nSPS) is 17.0. The van der Waals surface area contributed by atoms with Crippen molar-refractivity contribution in [2.45, 2.75) is 45.6 Å². The zero-order valence-corrected chi connectivity index (χ0v) is 19.3. The Hall–Kier alpha value is -2.22. The Morgan fingerprint density at radius 2 is 1.57 bits per heavy atom. The monoisotopic (exact) mass is 430 g/mol. The van der Waals surface area contributed by atoms with E-state index in [2.05, 4.69) is 5.32 Å². The largest absolute Gasteiger partial charge is 0.323 e. The Balaban J connectivity index is 1.64. The van der Waals surface area contributed by atoms with E-state index in [0.717, 1.165) is 32.8 Å². The van der Waals surface area contributed by atoms with Crippen molar-refractivity contribution < 1.29 is 18.1 Å². The maximum atomic E-state index is 13.0. The molecular weight excluding hydrogens is 398 g/mol. The van der Waals surface area contributed by atoms with Crippen LogP contribution in [0.1, 0.15) is 29.2 Å². The number of piperazine rings is 1. The van der Waals surface area contributed by atoms with Gasteiger partial charge in [0, 0.05) is 5.69 Å². The van der Waals surface area contributed by atoms with E-state index in [4.69, 9.17) is 0 Å². The number of sulfonamides is 1. The molecule has 0 aromatic heterocycles. The third-order valence-corrected chi connectivity index (χ3v) is 8.11. The van der Waals surface area contributed by atoms with E-state index in [-0.39, 0.29) is 11.9 Å². The number of rotatable bonds is 5. The average molecular weight is 431 g/mol. The molecule has 1 fully saturated rings. The van der Waals surface area contributed by atoms with Crippen LogP contribution in [0.25, 0.3) is 0 Å². The summed E-state index contributed by atoms with van der Waals surface area (Å²) in [6.07, 6.45) is 0. The second kappa shape index (κ2) is 8.88. The fraction of sp³-hybridized carbons (Fsp3) is 0.435. The quantitative estimate of drug-likeness (QED) is 0.760. The molecule has 1 amide bonds. The first-order valence-corrected chi connectivity index (χ1v) is 11.8. The molecule has 0 unspecified atom stereocenters. The summed E-state index contributed by atoms with van der Waals surface area (Å²) >= 11 is 0. The standard InChI is InChI=1S/C23H31N3O3S/c1-16-9-10-21(15-19(16)4)30(28,29)26-13-11-25(12-14-26)20(5)23(27)24-22-17(2)7-6-8-18(22)3/h6-10,15,20H,11-14H2,1-5H3,(H,24,27)/p+1/t20-/m1/s1. The van der Waals surface area contributed by atoms with Gasteiger partial charge in [-0.15, -0.1) is 0 Å². The topological polar surface area (TPSA) is 70.9 Å². The molecule has 1 atom stereocenters. The van der Waals surface area contributed by atoms with Crippen LogP contribution in [-0.4, -0.2) is 50.9 Å². The molecule has 0 saturated carbocycles. The van der Waals surface area contributed by atoms with E-state index in [1.807, 2.05) is 58.9 Å². The molecule has 0 spiro atoms. The Morgan fingerprint density at radius 1 is 0.967 bits per heavy atom. The van der Waals surface area contributed by atoms with Gasteiger partial charge in [0.1, 0.15) is 0 Å². The Labute approximate surface area is 179 Å². The number of para-hydroxylation sites is 1. The van der Waals surface area contributed by atoms with Crippen molar-refractivity contribution in [2.24, 2.45) is 0 Å². The number of hydrogen-bond acceptors (Lipinski definition) is 3.